The quantitative estimate of drug-likeness (QED) is 0.130. The lowest BCUT2D eigenvalue weighted by Crippen LogP contribution is -2.16. The zero-order chi connectivity index (χ0) is 30.6. The van der Waals surface area contributed by atoms with E-state index in [1.54, 1.807) is 12.1 Å². The number of hydrogen-bond acceptors (Lipinski definition) is 9. The van der Waals surface area contributed by atoms with E-state index in [1.807, 2.05) is 0 Å². The predicted molar refractivity (Wildman–Crippen MR) is 147 cm³/mol. The number of halogens is 3. The first kappa shape index (κ1) is 29.8. The third kappa shape index (κ3) is 5.97. The summed E-state index contributed by atoms with van der Waals surface area (Å²) in [4.78, 5) is 25.8. The van der Waals surface area contributed by atoms with Crippen LogP contribution in [0.25, 0.3) is 28.2 Å². The van der Waals surface area contributed by atoms with Gasteiger partial charge in [-0.1, -0.05) is 6.07 Å². The van der Waals surface area contributed by atoms with Crippen molar-refractivity contribution in [1.82, 2.24) is 0 Å². The van der Waals surface area contributed by atoms with E-state index < -0.39 is 34.5 Å². The maximum absolute atomic E-state index is 14.1. The zero-order valence-corrected chi connectivity index (χ0v) is 23.1. The molecule has 3 aromatic carbocycles. The van der Waals surface area contributed by atoms with Crippen molar-refractivity contribution >= 4 is 23.0 Å². The second-order valence-electron chi connectivity index (χ2n) is 8.57. The molecule has 4 aromatic rings. The number of rotatable bonds is 9. The van der Waals surface area contributed by atoms with Crippen molar-refractivity contribution < 1.29 is 50.8 Å². The van der Waals surface area contributed by atoms with Crippen molar-refractivity contribution in [3.63, 3.8) is 0 Å². The maximum atomic E-state index is 14.1. The van der Waals surface area contributed by atoms with Gasteiger partial charge in [0.1, 0.15) is 11.3 Å². The van der Waals surface area contributed by atoms with Crippen molar-refractivity contribution in [2.24, 2.45) is 0 Å². The molecule has 0 fully saturated rings. The number of hydrogen-bond donors (Lipinski definition) is 0. The number of methoxy groups -OCH3 is 5. The minimum absolute atomic E-state index is 0.0805. The third-order valence-electron chi connectivity index (χ3n) is 6.11. The van der Waals surface area contributed by atoms with Gasteiger partial charge in [0, 0.05) is 12.1 Å². The Hall–Kier alpha value is -5.13. The van der Waals surface area contributed by atoms with Gasteiger partial charge in [0.2, 0.25) is 16.9 Å². The van der Waals surface area contributed by atoms with Crippen molar-refractivity contribution in [2.45, 2.75) is 6.18 Å². The van der Waals surface area contributed by atoms with Gasteiger partial charge in [-0.3, -0.25) is 4.79 Å². The van der Waals surface area contributed by atoms with Crippen molar-refractivity contribution in [2.75, 3.05) is 35.5 Å². The second-order valence-corrected chi connectivity index (χ2v) is 8.57. The molecule has 1 aromatic heterocycles. The van der Waals surface area contributed by atoms with Gasteiger partial charge >= 0.3 is 12.1 Å². The molecule has 0 radical (unpaired) electrons. The fraction of sp³-hybridized carbons (Fsp3) is 0.200. The van der Waals surface area contributed by atoms with Crippen molar-refractivity contribution in [1.29, 1.82) is 0 Å². The van der Waals surface area contributed by atoms with Crippen LogP contribution in [-0.4, -0.2) is 41.5 Å². The van der Waals surface area contributed by atoms with Gasteiger partial charge in [0.15, 0.2) is 23.0 Å². The van der Waals surface area contributed by atoms with E-state index in [9.17, 15) is 22.8 Å². The highest BCUT2D eigenvalue weighted by Crippen LogP contribution is 2.41. The summed E-state index contributed by atoms with van der Waals surface area (Å²) in [7, 11) is 7.03. The number of carbonyl (C=O) groups is 1. The van der Waals surface area contributed by atoms with E-state index in [2.05, 4.69) is 0 Å². The van der Waals surface area contributed by atoms with E-state index in [0.29, 0.717) is 22.8 Å². The summed E-state index contributed by atoms with van der Waals surface area (Å²) in [5, 5.41) is -0.152. The summed E-state index contributed by atoms with van der Waals surface area (Å²) in [5.74, 6) is -1.01. The molecule has 1 heterocycles. The van der Waals surface area contributed by atoms with Crippen LogP contribution >= 0.6 is 0 Å². The molecule has 0 saturated carbocycles. The fourth-order valence-corrected chi connectivity index (χ4v) is 4.20. The normalized spacial score (nSPS) is 11.4. The third-order valence-corrected chi connectivity index (χ3v) is 6.11. The Kier molecular flexibility index (Phi) is 8.65. The van der Waals surface area contributed by atoms with Gasteiger partial charge in [-0.15, -0.1) is 0 Å². The first-order chi connectivity index (χ1) is 20.0. The molecule has 0 saturated heterocycles. The van der Waals surface area contributed by atoms with Gasteiger partial charge in [0.05, 0.1) is 46.5 Å². The van der Waals surface area contributed by atoms with E-state index in [1.165, 1.54) is 72.0 Å². The van der Waals surface area contributed by atoms with Gasteiger partial charge in [-0.05, 0) is 53.6 Å². The van der Waals surface area contributed by atoms with Gasteiger partial charge < -0.3 is 32.8 Å². The average molecular weight is 587 g/mol. The number of benzene rings is 3. The lowest BCUT2D eigenvalue weighted by atomic mass is 10.0. The highest BCUT2D eigenvalue weighted by Gasteiger charge is 2.39. The molecule has 0 amide bonds. The summed E-state index contributed by atoms with van der Waals surface area (Å²) < 4.78 is 78.9. The highest BCUT2D eigenvalue weighted by atomic mass is 19.4. The van der Waals surface area contributed by atoms with Gasteiger partial charge in [-0.2, -0.15) is 13.2 Å². The first-order valence-corrected chi connectivity index (χ1v) is 12.1. The molecule has 0 atom stereocenters. The SMILES string of the molecule is COc1ccc(-c2c(C(F)(F)F)oc3cc(OC(=O)/C=C/c4cc(OC)c(OC)c(OC)c4)ccc3c2=O)cc1OC. The van der Waals surface area contributed by atoms with Gasteiger partial charge in [0.25, 0.3) is 0 Å². The summed E-state index contributed by atoms with van der Waals surface area (Å²) >= 11 is 0. The monoisotopic (exact) mass is 586 g/mol. The van der Waals surface area contributed by atoms with Crippen LogP contribution in [-0.2, 0) is 11.0 Å². The van der Waals surface area contributed by atoms with Crippen LogP contribution < -0.4 is 33.8 Å². The Bertz CT molecular complexity index is 1700. The van der Waals surface area contributed by atoms with Crippen molar-refractivity contribution in [3.05, 3.63) is 76.2 Å². The predicted octanol–water partition coefficient (Wildman–Crippen LogP) is 6.14. The molecule has 12 heteroatoms. The fourth-order valence-electron chi connectivity index (χ4n) is 4.20. The molecule has 0 N–H and O–H groups in total. The van der Waals surface area contributed by atoms with Crippen LogP contribution in [0.5, 0.6) is 34.5 Å². The molecule has 4 rings (SSSR count). The molecule has 0 spiro atoms. The summed E-state index contributed by atoms with van der Waals surface area (Å²) in [6.07, 6.45) is -2.50. The van der Waals surface area contributed by atoms with Crippen molar-refractivity contribution in [3.8, 4) is 45.6 Å². The Morgan fingerprint density at radius 2 is 1.43 bits per heavy atom. The van der Waals surface area contributed by atoms with Crippen LogP contribution in [0.2, 0.25) is 0 Å². The summed E-state index contributed by atoms with van der Waals surface area (Å²) in [6, 6.07) is 10.7. The minimum atomic E-state index is -5.02. The van der Waals surface area contributed by atoms with E-state index in [-0.39, 0.29) is 28.2 Å². The Morgan fingerprint density at radius 1 is 0.786 bits per heavy atom. The largest absolute Gasteiger partial charge is 0.493 e. The zero-order valence-electron chi connectivity index (χ0n) is 23.1. The molecule has 0 aliphatic heterocycles. The smallest absolute Gasteiger partial charge is 0.450 e. The van der Waals surface area contributed by atoms with Crippen LogP contribution in [0, 0.1) is 0 Å². The number of esters is 1. The number of fused-ring (bicyclic) bond motifs is 1. The maximum Gasteiger partial charge on any atom is 0.450 e. The highest BCUT2D eigenvalue weighted by molar-refractivity contribution is 5.90. The van der Waals surface area contributed by atoms with E-state index in [0.717, 1.165) is 12.1 Å². The standard InChI is InChI=1S/C30H25F3O9/c1-36-20-10-7-17(14-22(20)37-2)26-27(35)19-9-8-18(15-21(19)42-29(26)30(31,32)33)41-25(34)11-6-16-12-23(38-3)28(40-5)24(13-16)39-4/h6-15H,1-5H3/b11-6+. The van der Waals surface area contributed by atoms with Crippen LogP contribution in [0.1, 0.15) is 11.3 Å². The number of ether oxygens (including phenoxy) is 6. The number of carbonyl (C=O) groups excluding carboxylic acids is 1. The van der Waals surface area contributed by atoms with Gasteiger partial charge in [-0.25, -0.2) is 4.79 Å². The molecule has 220 valence electrons. The lowest BCUT2D eigenvalue weighted by molar-refractivity contribution is -0.152. The lowest BCUT2D eigenvalue weighted by Gasteiger charge is -2.14. The number of alkyl halides is 3. The van der Waals surface area contributed by atoms with E-state index >= 15 is 0 Å². The summed E-state index contributed by atoms with van der Waals surface area (Å²) in [5.41, 5.74) is -1.62. The molecule has 0 bridgehead atoms. The second kappa shape index (κ2) is 12.2. The molecule has 0 aliphatic rings. The Balaban J connectivity index is 1.69. The molecular weight excluding hydrogens is 561 g/mol. The topological polar surface area (TPSA) is 103 Å². The molecule has 0 unspecified atom stereocenters. The minimum Gasteiger partial charge on any atom is -0.493 e. The Labute approximate surface area is 237 Å². The molecule has 9 nitrogen and oxygen atoms in total. The average Bonchev–Trinajstić information content (AvgIpc) is 2.98. The van der Waals surface area contributed by atoms with E-state index in [4.69, 9.17) is 32.8 Å². The Morgan fingerprint density at radius 3 is 2.00 bits per heavy atom. The molecule has 0 aliphatic carbocycles. The van der Waals surface area contributed by atoms with Crippen LogP contribution in [0.15, 0.2) is 63.8 Å². The molecular formula is C30H25F3O9. The first-order valence-electron chi connectivity index (χ1n) is 12.1. The van der Waals surface area contributed by atoms with Crippen LogP contribution in [0.4, 0.5) is 13.2 Å². The molecule has 42 heavy (non-hydrogen) atoms. The summed E-state index contributed by atoms with van der Waals surface area (Å²) in [6.45, 7) is 0. The van der Waals surface area contributed by atoms with Crippen LogP contribution in [0.3, 0.4) is 0 Å².